The van der Waals surface area contributed by atoms with E-state index in [1.165, 1.54) is 33.5 Å². The van der Waals surface area contributed by atoms with Crippen LogP contribution in [0.25, 0.3) is 11.1 Å². The number of hydrogen-bond acceptors (Lipinski definition) is 4. The predicted octanol–water partition coefficient (Wildman–Crippen LogP) is 5.65. The van der Waals surface area contributed by atoms with Gasteiger partial charge in [-0.15, -0.1) is 0 Å². The molecule has 0 aromatic heterocycles. The molecule has 1 spiro atoms. The summed E-state index contributed by atoms with van der Waals surface area (Å²) in [5.41, 5.74) is 7.39. The maximum Gasteiger partial charge on any atom is 0.166 e. The maximum atomic E-state index is 10.3. The van der Waals surface area contributed by atoms with Gasteiger partial charge in [-0.05, 0) is 53.3 Å². The molecule has 0 saturated heterocycles. The lowest BCUT2D eigenvalue weighted by molar-refractivity contribution is 0.0856. The third-order valence-corrected chi connectivity index (χ3v) is 7.88. The standard InChI is InChI=1S/C30H31NO3/c1-3-20-4-6-21(7-5-20)22-8-11-24(12-9-22)31-17-16-30-15-14-25(32)18-27(30)34-29-26(33-2)13-10-23(19-31)28(29)30/h4-15,25,27,32H,3,16-19H2,1-2H3/t25-,27-,30-/m0/s1. The van der Waals surface area contributed by atoms with Crippen molar-refractivity contribution in [3.63, 3.8) is 0 Å². The minimum absolute atomic E-state index is 0.0639. The number of benzene rings is 3. The summed E-state index contributed by atoms with van der Waals surface area (Å²) >= 11 is 0. The molecular formula is C30H31NO3. The molecule has 0 fully saturated rings. The summed E-state index contributed by atoms with van der Waals surface area (Å²) in [6.45, 7) is 3.93. The summed E-state index contributed by atoms with van der Waals surface area (Å²) in [5, 5.41) is 10.3. The summed E-state index contributed by atoms with van der Waals surface area (Å²) in [5.74, 6) is 1.64. The lowest BCUT2D eigenvalue weighted by atomic mass is 9.69. The largest absolute Gasteiger partial charge is 0.493 e. The van der Waals surface area contributed by atoms with Crippen molar-refractivity contribution in [3.05, 3.63) is 89.5 Å². The molecule has 0 unspecified atom stereocenters. The summed E-state index contributed by atoms with van der Waals surface area (Å²) in [6, 6.07) is 22.0. The van der Waals surface area contributed by atoms with Gasteiger partial charge < -0.3 is 19.5 Å². The summed E-state index contributed by atoms with van der Waals surface area (Å²) < 4.78 is 12.1. The van der Waals surface area contributed by atoms with Crippen LogP contribution in [-0.2, 0) is 18.4 Å². The van der Waals surface area contributed by atoms with Gasteiger partial charge in [0.15, 0.2) is 11.5 Å². The first kappa shape index (κ1) is 21.3. The van der Waals surface area contributed by atoms with Crippen LogP contribution in [0.5, 0.6) is 11.5 Å². The zero-order chi connectivity index (χ0) is 23.3. The number of hydrogen-bond donors (Lipinski definition) is 1. The second kappa shape index (κ2) is 8.21. The number of rotatable bonds is 4. The van der Waals surface area contributed by atoms with Gasteiger partial charge in [-0.25, -0.2) is 0 Å². The summed E-state index contributed by atoms with van der Waals surface area (Å²) in [4.78, 5) is 2.47. The van der Waals surface area contributed by atoms with Gasteiger partial charge in [-0.2, -0.15) is 0 Å². The van der Waals surface area contributed by atoms with Crippen LogP contribution in [0.3, 0.4) is 0 Å². The highest BCUT2D eigenvalue weighted by Gasteiger charge is 2.52. The van der Waals surface area contributed by atoms with Crippen LogP contribution in [0.15, 0.2) is 72.8 Å². The molecule has 4 heteroatoms. The van der Waals surface area contributed by atoms with E-state index >= 15 is 0 Å². The Labute approximate surface area is 201 Å². The number of aryl methyl sites for hydroxylation is 1. The van der Waals surface area contributed by atoms with Gasteiger partial charge in [0.2, 0.25) is 0 Å². The van der Waals surface area contributed by atoms with E-state index in [1.807, 2.05) is 12.1 Å². The molecule has 3 aromatic rings. The molecule has 0 radical (unpaired) electrons. The third kappa shape index (κ3) is 3.32. The molecule has 3 aromatic carbocycles. The topological polar surface area (TPSA) is 41.9 Å². The molecule has 3 aliphatic rings. The lowest BCUT2D eigenvalue weighted by Gasteiger charge is -2.36. The molecule has 4 nitrogen and oxygen atoms in total. The number of nitrogens with zero attached hydrogens (tertiary/aromatic N) is 1. The normalized spacial score (nSPS) is 24.7. The van der Waals surface area contributed by atoms with Gasteiger partial charge in [0, 0.05) is 30.8 Å². The highest BCUT2D eigenvalue weighted by atomic mass is 16.5. The molecule has 0 saturated carbocycles. The minimum Gasteiger partial charge on any atom is -0.493 e. The van der Waals surface area contributed by atoms with Crippen LogP contribution in [-0.4, -0.2) is 31.0 Å². The van der Waals surface area contributed by atoms with Gasteiger partial charge in [0.05, 0.1) is 18.6 Å². The van der Waals surface area contributed by atoms with Gasteiger partial charge >= 0.3 is 0 Å². The number of anilines is 1. The van der Waals surface area contributed by atoms with Crippen molar-refractivity contribution < 1.29 is 14.6 Å². The van der Waals surface area contributed by atoms with Crippen LogP contribution >= 0.6 is 0 Å². The SMILES string of the molecule is CCc1ccc(-c2ccc(N3CC[C@@]45C=C[C@H](O)C[C@@H]4Oc4c(OC)ccc(c45)C3)cc2)cc1. The Morgan fingerprint density at radius 1 is 1.03 bits per heavy atom. The number of ether oxygens (including phenoxy) is 2. The molecule has 0 bridgehead atoms. The summed E-state index contributed by atoms with van der Waals surface area (Å²) in [6.07, 6.45) is 6.24. The Bertz CT molecular complexity index is 1230. The van der Waals surface area contributed by atoms with Crippen LogP contribution < -0.4 is 14.4 Å². The van der Waals surface area contributed by atoms with E-state index in [4.69, 9.17) is 9.47 Å². The van der Waals surface area contributed by atoms with Gasteiger partial charge in [-0.3, -0.25) is 0 Å². The Hall–Kier alpha value is -3.24. The molecule has 2 aliphatic heterocycles. The lowest BCUT2D eigenvalue weighted by Crippen LogP contribution is -2.43. The molecule has 34 heavy (non-hydrogen) atoms. The number of aliphatic hydroxyl groups excluding tert-OH is 1. The first-order chi connectivity index (χ1) is 16.6. The van der Waals surface area contributed by atoms with Crippen LogP contribution in [0, 0.1) is 0 Å². The van der Waals surface area contributed by atoms with E-state index in [0.29, 0.717) is 6.42 Å². The van der Waals surface area contributed by atoms with E-state index in [1.54, 1.807) is 7.11 Å². The van der Waals surface area contributed by atoms with Crippen LogP contribution in [0.4, 0.5) is 5.69 Å². The van der Waals surface area contributed by atoms with Crippen molar-refractivity contribution in [1.29, 1.82) is 0 Å². The molecule has 1 aliphatic carbocycles. The van der Waals surface area contributed by atoms with Gasteiger partial charge in [0.25, 0.3) is 0 Å². The Balaban J connectivity index is 1.34. The Morgan fingerprint density at radius 3 is 2.47 bits per heavy atom. The zero-order valence-electron chi connectivity index (χ0n) is 19.8. The second-order valence-corrected chi connectivity index (χ2v) is 9.71. The first-order valence-corrected chi connectivity index (χ1v) is 12.3. The molecular weight excluding hydrogens is 422 g/mol. The van der Waals surface area contributed by atoms with Crippen molar-refractivity contribution in [2.45, 2.75) is 50.4 Å². The van der Waals surface area contributed by atoms with Crippen molar-refractivity contribution in [2.75, 3.05) is 18.6 Å². The van der Waals surface area contributed by atoms with Crippen molar-refractivity contribution in [3.8, 4) is 22.6 Å². The Morgan fingerprint density at radius 2 is 1.76 bits per heavy atom. The fourth-order valence-corrected chi connectivity index (χ4v) is 5.95. The quantitative estimate of drug-likeness (QED) is 0.518. The fraction of sp³-hybridized carbons (Fsp3) is 0.333. The molecule has 1 N–H and O–H groups in total. The number of aliphatic hydroxyl groups is 1. The Kier molecular flexibility index (Phi) is 5.14. The monoisotopic (exact) mass is 453 g/mol. The van der Waals surface area contributed by atoms with E-state index < -0.39 is 6.10 Å². The highest BCUT2D eigenvalue weighted by Crippen LogP contribution is 2.56. The molecule has 0 amide bonds. The first-order valence-electron chi connectivity index (χ1n) is 12.3. The predicted molar refractivity (Wildman–Crippen MR) is 136 cm³/mol. The average molecular weight is 454 g/mol. The van der Waals surface area contributed by atoms with Gasteiger partial charge in [0.1, 0.15) is 6.10 Å². The third-order valence-electron chi connectivity index (χ3n) is 7.88. The smallest absolute Gasteiger partial charge is 0.166 e. The summed E-state index contributed by atoms with van der Waals surface area (Å²) in [7, 11) is 1.70. The molecule has 2 heterocycles. The van der Waals surface area contributed by atoms with E-state index in [2.05, 4.69) is 72.5 Å². The van der Waals surface area contributed by atoms with E-state index in [9.17, 15) is 5.11 Å². The highest BCUT2D eigenvalue weighted by molar-refractivity contribution is 5.68. The van der Waals surface area contributed by atoms with Crippen LogP contribution in [0.2, 0.25) is 0 Å². The van der Waals surface area contributed by atoms with Crippen LogP contribution in [0.1, 0.15) is 36.5 Å². The van der Waals surface area contributed by atoms with Crippen molar-refractivity contribution in [1.82, 2.24) is 0 Å². The second-order valence-electron chi connectivity index (χ2n) is 9.71. The van der Waals surface area contributed by atoms with E-state index in [0.717, 1.165) is 37.4 Å². The van der Waals surface area contributed by atoms with Crippen molar-refractivity contribution in [2.24, 2.45) is 0 Å². The average Bonchev–Trinajstić information content (AvgIpc) is 3.11. The zero-order valence-corrected chi connectivity index (χ0v) is 19.8. The maximum absolute atomic E-state index is 10.3. The molecule has 6 rings (SSSR count). The number of methoxy groups -OCH3 is 1. The molecule has 3 atom stereocenters. The van der Waals surface area contributed by atoms with Crippen molar-refractivity contribution >= 4 is 5.69 Å². The molecule has 174 valence electrons. The van der Waals surface area contributed by atoms with Gasteiger partial charge in [-0.1, -0.05) is 61.5 Å². The minimum atomic E-state index is -0.460. The fourth-order valence-electron chi connectivity index (χ4n) is 5.95. The van der Waals surface area contributed by atoms with E-state index in [-0.39, 0.29) is 11.5 Å².